The third-order valence-electron chi connectivity index (χ3n) is 9.25. The van der Waals surface area contributed by atoms with Gasteiger partial charge in [0, 0.05) is 17.2 Å². The minimum atomic E-state index is -0.693. The van der Waals surface area contributed by atoms with E-state index in [1.807, 2.05) is 134 Å². The van der Waals surface area contributed by atoms with Gasteiger partial charge in [0.25, 0.3) is 0 Å². The molecule has 11 nitrogen and oxygen atoms in total. The molecule has 0 aromatic heterocycles. The summed E-state index contributed by atoms with van der Waals surface area (Å²) in [5, 5.41) is 3.34. The molecule has 2 amide bonds. The Morgan fingerprint density at radius 2 is 1.37 bits per heavy atom. The first-order valence-electron chi connectivity index (χ1n) is 17.4. The average Bonchev–Trinajstić information content (AvgIpc) is 3.66. The van der Waals surface area contributed by atoms with Crippen molar-refractivity contribution < 1.29 is 23.9 Å². The van der Waals surface area contributed by atoms with Crippen LogP contribution in [0.2, 0.25) is 0 Å². The molecular weight excluding hydrogens is 721 g/mol. The van der Waals surface area contributed by atoms with E-state index in [0.29, 0.717) is 17.3 Å². The van der Waals surface area contributed by atoms with Crippen LogP contribution in [0.5, 0.6) is 0 Å². The second-order valence-corrected chi connectivity index (χ2v) is 15.0. The molecule has 54 heavy (non-hydrogen) atoms. The van der Waals surface area contributed by atoms with Crippen molar-refractivity contribution in [2.24, 2.45) is 10.7 Å². The van der Waals surface area contributed by atoms with Crippen molar-refractivity contribution in [3.63, 3.8) is 0 Å². The molecule has 272 valence electrons. The first-order valence-corrected chi connectivity index (χ1v) is 19.4. The highest BCUT2D eigenvalue weighted by Crippen LogP contribution is 2.43. The summed E-state index contributed by atoms with van der Waals surface area (Å²) in [5.74, 6) is 0.418. The van der Waals surface area contributed by atoms with Crippen LogP contribution >= 0.6 is 23.5 Å². The molecule has 2 atom stereocenters. The fourth-order valence-corrected chi connectivity index (χ4v) is 9.09. The van der Waals surface area contributed by atoms with E-state index in [0.717, 1.165) is 38.6 Å². The van der Waals surface area contributed by atoms with Gasteiger partial charge in [0.1, 0.15) is 17.1 Å². The maximum Gasteiger partial charge on any atom is 0.431 e. The first-order chi connectivity index (χ1) is 26.4. The van der Waals surface area contributed by atoms with E-state index in [9.17, 15) is 14.4 Å². The summed E-state index contributed by atoms with van der Waals surface area (Å²) in [5.41, 5.74) is 14.3. The van der Waals surface area contributed by atoms with E-state index in [2.05, 4.69) is 10.5 Å². The number of nitrogens with zero attached hydrogens (tertiary/aromatic N) is 4. The van der Waals surface area contributed by atoms with Gasteiger partial charge in [-0.1, -0.05) is 121 Å². The largest absolute Gasteiger partial charge is 0.448 e. The van der Waals surface area contributed by atoms with Crippen LogP contribution in [0.15, 0.2) is 161 Å². The zero-order chi connectivity index (χ0) is 37.2. The Balaban J connectivity index is 1.02. The maximum absolute atomic E-state index is 14.2. The number of hydrogen-bond donors (Lipinski definition) is 2. The number of allylic oxidation sites excluding steroid dienone is 1. The van der Waals surface area contributed by atoms with Crippen LogP contribution in [0.4, 0.5) is 4.79 Å². The normalized spacial score (nSPS) is 19.1. The highest BCUT2D eigenvalue weighted by molar-refractivity contribution is 8.03. The minimum Gasteiger partial charge on any atom is -0.448 e. The number of amides is 2. The summed E-state index contributed by atoms with van der Waals surface area (Å²) in [6.45, 7) is 1.87. The van der Waals surface area contributed by atoms with E-state index in [1.165, 1.54) is 33.4 Å². The maximum atomic E-state index is 14.2. The van der Waals surface area contributed by atoms with Crippen molar-refractivity contribution in [1.82, 2.24) is 20.5 Å². The molecule has 0 radical (unpaired) electrons. The second kappa shape index (κ2) is 15.4. The van der Waals surface area contributed by atoms with Crippen LogP contribution in [0.3, 0.4) is 0 Å². The number of hydrogen-bond acceptors (Lipinski definition) is 11. The summed E-state index contributed by atoms with van der Waals surface area (Å²) in [7, 11) is 0. The van der Waals surface area contributed by atoms with Gasteiger partial charge in [0.2, 0.25) is 5.91 Å². The van der Waals surface area contributed by atoms with Crippen LogP contribution in [-0.2, 0) is 19.1 Å². The third kappa shape index (κ3) is 7.06. The van der Waals surface area contributed by atoms with Gasteiger partial charge in [-0.25, -0.2) is 19.6 Å². The highest BCUT2D eigenvalue weighted by atomic mass is 32.2. The Hall–Kier alpha value is -5.60. The highest BCUT2D eigenvalue weighted by Gasteiger charge is 2.52. The Kier molecular flexibility index (Phi) is 10.1. The van der Waals surface area contributed by atoms with E-state index in [4.69, 9.17) is 15.2 Å². The van der Waals surface area contributed by atoms with Crippen LogP contribution in [0, 0.1) is 0 Å². The van der Waals surface area contributed by atoms with Crippen molar-refractivity contribution in [3.8, 4) is 0 Å². The van der Waals surface area contributed by atoms with Crippen molar-refractivity contribution >= 4 is 47.2 Å². The standard InChI is InChI=1S/C41H36N6O5S2/c1-26-22-33(47-32(43-26)23-45(44-47)41(50)52-37(29-18-10-4-11-19-29)30-20-12-5-13-21-30)53-24-31-25-54-39-34(42)38(48)46(39)35(31)40(49)51-36(27-14-6-2-7-15-27)28-16-8-3-9-17-28/h2-23,34,36-37,39,44H,24-25,42H2,1H3/t34-,39-/m1/s1. The molecule has 0 bridgehead atoms. The summed E-state index contributed by atoms with van der Waals surface area (Å²) in [6, 6.07) is 37.5. The molecule has 0 saturated carbocycles. The molecule has 13 heteroatoms. The van der Waals surface area contributed by atoms with Gasteiger partial charge >= 0.3 is 12.1 Å². The molecule has 1 fully saturated rings. The third-order valence-corrected chi connectivity index (χ3v) is 11.7. The van der Waals surface area contributed by atoms with Gasteiger partial charge in [-0.2, -0.15) is 5.01 Å². The van der Waals surface area contributed by atoms with Gasteiger partial charge in [-0.05, 0) is 40.8 Å². The number of esters is 1. The van der Waals surface area contributed by atoms with E-state index >= 15 is 0 Å². The van der Waals surface area contributed by atoms with E-state index in [-0.39, 0.29) is 17.0 Å². The first kappa shape index (κ1) is 35.4. The average molecular weight is 757 g/mol. The lowest BCUT2D eigenvalue weighted by atomic mass is 10.0. The summed E-state index contributed by atoms with van der Waals surface area (Å²) in [6.07, 6.45) is 1.54. The molecule has 4 aromatic carbocycles. The van der Waals surface area contributed by atoms with Gasteiger partial charge in [0.05, 0.1) is 11.2 Å². The fraction of sp³-hybridized carbons (Fsp3) is 0.171. The number of thioether (sulfide) groups is 2. The molecule has 4 heterocycles. The van der Waals surface area contributed by atoms with Crippen molar-refractivity contribution in [2.45, 2.75) is 30.5 Å². The molecule has 4 aliphatic rings. The van der Waals surface area contributed by atoms with Crippen LogP contribution in [0.25, 0.3) is 0 Å². The lowest BCUT2D eigenvalue weighted by Crippen LogP contribution is -2.68. The number of hydrazine groups is 2. The van der Waals surface area contributed by atoms with Crippen molar-refractivity contribution in [2.75, 3.05) is 11.5 Å². The second-order valence-electron chi connectivity index (χ2n) is 12.9. The number of fused-ring (bicyclic) bond motifs is 2. The summed E-state index contributed by atoms with van der Waals surface area (Å²) >= 11 is 2.97. The smallest absolute Gasteiger partial charge is 0.431 e. The van der Waals surface area contributed by atoms with Gasteiger partial charge < -0.3 is 15.2 Å². The zero-order valence-electron chi connectivity index (χ0n) is 29.1. The molecule has 8 rings (SSSR count). The Labute approximate surface area is 321 Å². The fourth-order valence-electron chi connectivity index (χ4n) is 6.59. The molecule has 1 saturated heterocycles. The SMILES string of the molecule is CC1=NC2=CN(C(=O)OC(c3ccccc3)c3ccccc3)NN2C(SCC2=C(C(=O)OC(c3ccccc3)c3ccccc3)N3C(=O)[C@@H](N)[C@H]3SC2)=C1. The lowest BCUT2D eigenvalue weighted by molar-refractivity contribution is -0.153. The number of nitrogens with two attached hydrogens (primary N) is 1. The number of β-lactam (4-membered cyclic amide) rings is 1. The van der Waals surface area contributed by atoms with Crippen LogP contribution in [-0.4, -0.2) is 61.5 Å². The molecular formula is C41H36N6O5S2. The Morgan fingerprint density at radius 3 is 1.91 bits per heavy atom. The molecule has 0 aliphatic carbocycles. The predicted octanol–water partition coefficient (Wildman–Crippen LogP) is 6.63. The lowest BCUT2D eigenvalue weighted by Gasteiger charge is -2.48. The number of aliphatic imine (C=N–C) groups is 1. The number of benzene rings is 4. The molecule has 0 unspecified atom stereocenters. The van der Waals surface area contributed by atoms with E-state index in [1.54, 1.807) is 11.2 Å². The molecule has 0 spiro atoms. The minimum absolute atomic E-state index is 0.222. The number of nitrogens with one attached hydrogen (secondary N) is 1. The zero-order valence-corrected chi connectivity index (χ0v) is 30.8. The Morgan fingerprint density at radius 1 is 0.852 bits per heavy atom. The predicted molar refractivity (Wildman–Crippen MR) is 209 cm³/mol. The quantitative estimate of drug-likeness (QED) is 0.134. The summed E-state index contributed by atoms with van der Waals surface area (Å²) < 4.78 is 12.4. The molecule has 4 aliphatic heterocycles. The van der Waals surface area contributed by atoms with Crippen molar-refractivity contribution in [3.05, 3.63) is 178 Å². The molecule has 3 N–H and O–H groups in total. The van der Waals surface area contributed by atoms with Gasteiger partial charge in [0.15, 0.2) is 18.0 Å². The Bertz CT molecular complexity index is 2100. The van der Waals surface area contributed by atoms with Gasteiger partial charge in [-0.3, -0.25) is 9.69 Å². The topological polar surface area (TPSA) is 130 Å². The number of carbonyl (C=O) groups is 3. The van der Waals surface area contributed by atoms with Gasteiger partial charge in [-0.15, -0.1) is 29.1 Å². The van der Waals surface area contributed by atoms with E-state index < -0.39 is 30.3 Å². The monoisotopic (exact) mass is 756 g/mol. The van der Waals surface area contributed by atoms with Crippen LogP contribution < -0.4 is 11.3 Å². The number of rotatable bonds is 10. The van der Waals surface area contributed by atoms with Crippen molar-refractivity contribution in [1.29, 1.82) is 0 Å². The van der Waals surface area contributed by atoms with Crippen LogP contribution in [0.1, 0.15) is 41.4 Å². The summed E-state index contributed by atoms with van der Waals surface area (Å²) in [4.78, 5) is 47.2. The molecule has 4 aromatic rings. The number of carbonyl (C=O) groups excluding carboxylic acids is 3. The number of ether oxygens (including phenoxy) is 2.